The quantitative estimate of drug-likeness (QED) is 0.434. The van der Waals surface area contributed by atoms with E-state index in [4.69, 9.17) is 0 Å². The van der Waals surface area contributed by atoms with Gasteiger partial charge in [-0.25, -0.2) is 0 Å². The summed E-state index contributed by atoms with van der Waals surface area (Å²) in [6.07, 6.45) is 4.32. The lowest BCUT2D eigenvalue weighted by Gasteiger charge is -2.12. The highest BCUT2D eigenvalue weighted by Gasteiger charge is 2.09. The smallest absolute Gasteiger partial charge is 0.0290 e. The fraction of sp³-hybridized carbons (Fsp3) is 0.176. The van der Waals surface area contributed by atoms with Crippen molar-refractivity contribution in [1.29, 1.82) is 0 Å². The highest BCUT2D eigenvalue weighted by atomic mass is 32.2. The molecule has 0 N–H and O–H groups in total. The van der Waals surface area contributed by atoms with E-state index in [9.17, 15) is 0 Å². The second-order valence-corrected chi connectivity index (χ2v) is 6.35. The van der Waals surface area contributed by atoms with E-state index in [0.29, 0.717) is 0 Å². The number of hydrogen-bond donors (Lipinski definition) is 0. The van der Waals surface area contributed by atoms with E-state index in [1.165, 1.54) is 36.9 Å². The van der Waals surface area contributed by atoms with E-state index in [0.717, 1.165) is 0 Å². The number of aryl methyl sites for hydroxylation is 1. The maximum Gasteiger partial charge on any atom is 0.0290 e. The molecule has 96 valence electrons. The molecule has 0 heterocycles. The maximum atomic E-state index is 2.31. The first kappa shape index (κ1) is 12.9. The van der Waals surface area contributed by atoms with Crippen LogP contribution in [0, 0.1) is 6.92 Å². The van der Waals surface area contributed by atoms with Crippen LogP contribution in [0.1, 0.15) is 5.56 Å². The first-order valence-corrected chi connectivity index (χ1v) is 8.73. The molecule has 0 unspecified atom stereocenters. The van der Waals surface area contributed by atoms with Gasteiger partial charge in [-0.1, -0.05) is 42.0 Å². The molecule has 2 heteroatoms. The van der Waals surface area contributed by atoms with Gasteiger partial charge in [0.05, 0.1) is 0 Å². The van der Waals surface area contributed by atoms with Crippen LogP contribution in [-0.4, -0.2) is 12.5 Å². The normalized spacial score (nSPS) is 11.3. The maximum absolute atomic E-state index is 2.31. The fourth-order valence-electron chi connectivity index (χ4n) is 2.57. The van der Waals surface area contributed by atoms with Crippen molar-refractivity contribution < 1.29 is 0 Å². The minimum atomic E-state index is 1.32. The molecule has 0 nitrogen and oxygen atoms in total. The molecule has 0 aromatic heterocycles. The largest absolute Gasteiger partial charge is 0.128 e. The molecule has 0 saturated carbocycles. The standard InChI is InChI=1S/C17H16S2/c1-11-4-5-12-6-7-13-8-9-15(18-2)17(19-3)16(13)14(12)10-11/h4-10H,1-3H3. The minimum absolute atomic E-state index is 1.32. The van der Waals surface area contributed by atoms with Gasteiger partial charge in [0.15, 0.2) is 0 Å². The Hall–Kier alpha value is -1.12. The first-order chi connectivity index (χ1) is 9.24. The second-order valence-electron chi connectivity index (χ2n) is 4.69. The van der Waals surface area contributed by atoms with Gasteiger partial charge in [-0.2, -0.15) is 0 Å². The average Bonchev–Trinajstić information content (AvgIpc) is 2.45. The van der Waals surface area contributed by atoms with E-state index < -0.39 is 0 Å². The van der Waals surface area contributed by atoms with Gasteiger partial charge >= 0.3 is 0 Å². The molecule has 0 amide bonds. The van der Waals surface area contributed by atoms with Gasteiger partial charge < -0.3 is 0 Å². The third-order valence-electron chi connectivity index (χ3n) is 3.50. The van der Waals surface area contributed by atoms with Gasteiger partial charge in [0.1, 0.15) is 0 Å². The lowest BCUT2D eigenvalue weighted by molar-refractivity contribution is 1.32. The summed E-state index contributed by atoms with van der Waals surface area (Å²) in [5.41, 5.74) is 1.32. The Morgan fingerprint density at radius 1 is 0.789 bits per heavy atom. The Morgan fingerprint density at radius 2 is 1.47 bits per heavy atom. The number of rotatable bonds is 2. The molecule has 0 fully saturated rings. The summed E-state index contributed by atoms with van der Waals surface area (Å²) in [6, 6.07) is 15.6. The molecule has 3 rings (SSSR count). The summed E-state index contributed by atoms with van der Waals surface area (Å²) in [5, 5.41) is 5.44. The molecule has 0 spiro atoms. The Bertz CT molecular complexity index is 760. The van der Waals surface area contributed by atoms with Crippen molar-refractivity contribution in [3.8, 4) is 0 Å². The molecular formula is C17H16S2. The Morgan fingerprint density at radius 3 is 2.21 bits per heavy atom. The van der Waals surface area contributed by atoms with Crippen molar-refractivity contribution >= 4 is 45.1 Å². The van der Waals surface area contributed by atoms with Crippen LogP contribution in [-0.2, 0) is 0 Å². The van der Waals surface area contributed by atoms with Gasteiger partial charge in [-0.15, -0.1) is 23.5 Å². The molecule has 3 aromatic rings. The zero-order valence-corrected chi connectivity index (χ0v) is 13.0. The molecule has 0 saturated heterocycles. The molecule has 0 radical (unpaired) electrons. The summed E-state index contributed by atoms with van der Waals surface area (Å²) < 4.78 is 0. The molecule has 0 bridgehead atoms. The third kappa shape index (κ3) is 2.13. The molecule has 0 aliphatic heterocycles. The van der Waals surface area contributed by atoms with Crippen LogP contribution in [0.4, 0.5) is 0 Å². The van der Waals surface area contributed by atoms with Crippen molar-refractivity contribution in [1.82, 2.24) is 0 Å². The van der Waals surface area contributed by atoms with Gasteiger partial charge in [0.2, 0.25) is 0 Å². The third-order valence-corrected chi connectivity index (χ3v) is 5.24. The summed E-state index contributed by atoms with van der Waals surface area (Å²) in [6.45, 7) is 2.16. The highest BCUT2D eigenvalue weighted by Crippen LogP contribution is 2.39. The summed E-state index contributed by atoms with van der Waals surface area (Å²) in [5.74, 6) is 0. The van der Waals surface area contributed by atoms with E-state index in [-0.39, 0.29) is 0 Å². The predicted molar refractivity (Wildman–Crippen MR) is 89.8 cm³/mol. The van der Waals surface area contributed by atoms with Gasteiger partial charge in [-0.05, 0) is 41.7 Å². The molecular weight excluding hydrogens is 268 g/mol. The van der Waals surface area contributed by atoms with E-state index >= 15 is 0 Å². The van der Waals surface area contributed by atoms with Crippen LogP contribution < -0.4 is 0 Å². The number of hydrogen-bond acceptors (Lipinski definition) is 2. The zero-order chi connectivity index (χ0) is 13.4. The second kappa shape index (κ2) is 5.10. The van der Waals surface area contributed by atoms with Crippen LogP contribution in [0.5, 0.6) is 0 Å². The van der Waals surface area contributed by atoms with Gasteiger partial charge in [0.25, 0.3) is 0 Å². The number of thioether (sulfide) groups is 2. The van der Waals surface area contributed by atoms with Crippen LogP contribution in [0.2, 0.25) is 0 Å². The van der Waals surface area contributed by atoms with Crippen molar-refractivity contribution in [2.24, 2.45) is 0 Å². The van der Waals surface area contributed by atoms with E-state index in [1.54, 1.807) is 0 Å². The van der Waals surface area contributed by atoms with Crippen molar-refractivity contribution in [3.05, 3.63) is 48.0 Å². The summed E-state index contributed by atoms with van der Waals surface area (Å²) >= 11 is 3.68. The Balaban J connectivity index is 2.54. The Labute approximate surface area is 122 Å². The predicted octanol–water partition coefficient (Wildman–Crippen LogP) is 5.75. The minimum Gasteiger partial charge on any atom is -0.128 e. The van der Waals surface area contributed by atoms with Crippen molar-refractivity contribution in [3.63, 3.8) is 0 Å². The SMILES string of the molecule is CSc1ccc2ccc3ccc(C)cc3c2c1SC. The lowest BCUT2D eigenvalue weighted by Crippen LogP contribution is -1.85. The summed E-state index contributed by atoms with van der Waals surface area (Å²) in [7, 11) is 0. The summed E-state index contributed by atoms with van der Waals surface area (Å²) in [4.78, 5) is 2.77. The molecule has 0 aliphatic rings. The van der Waals surface area contributed by atoms with Crippen LogP contribution in [0.15, 0.2) is 52.3 Å². The average molecular weight is 284 g/mol. The van der Waals surface area contributed by atoms with Crippen LogP contribution >= 0.6 is 23.5 Å². The lowest BCUT2D eigenvalue weighted by atomic mass is 10.0. The number of benzene rings is 3. The molecule has 0 atom stereocenters. The van der Waals surface area contributed by atoms with Gasteiger partial charge in [-0.3, -0.25) is 0 Å². The fourth-order valence-corrected chi connectivity index (χ4v) is 4.26. The molecule has 3 aromatic carbocycles. The van der Waals surface area contributed by atoms with Gasteiger partial charge in [0, 0.05) is 15.2 Å². The molecule has 0 aliphatic carbocycles. The first-order valence-electron chi connectivity index (χ1n) is 6.28. The number of fused-ring (bicyclic) bond motifs is 3. The monoisotopic (exact) mass is 284 g/mol. The van der Waals surface area contributed by atoms with Crippen LogP contribution in [0.3, 0.4) is 0 Å². The van der Waals surface area contributed by atoms with E-state index in [1.807, 2.05) is 23.5 Å². The van der Waals surface area contributed by atoms with Crippen LogP contribution in [0.25, 0.3) is 21.5 Å². The van der Waals surface area contributed by atoms with E-state index in [2.05, 4.69) is 61.9 Å². The molecule has 19 heavy (non-hydrogen) atoms. The Kier molecular flexibility index (Phi) is 3.46. The van der Waals surface area contributed by atoms with Crippen molar-refractivity contribution in [2.75, 3.05) is 12.5 Å². The van der Waals surface area contributed by atoms with Crippen molar-refractivity contribution in [2.45, 2.75) is 16.7 Å². The highest BCUT2D eigenvalue weighted by molar-refractivity contribution is 8.01. The zero-order valence-electron chi connectivity index (χ0n) is 11.4. The topological polar surface area (TPSA) is 0 Å².